The van der Waals surface area contributed by atoms with Gasteiger partial charge in [-0.1, -0.05) is 0 Å². The minimum atomic E-state index is -4.21. The molecule has 1 heterocycles. The molecule has 0 aliphatic rings. The van der Waals surface area contributed by atoms with Crippen LogP contribution in [0.3, 0.4) is 0 Å². The number of carbonyl (C=O) groups is 1. The summed E-state index contributed by atoms with van der Waals surface area (Å²) in [7, 11) is -3.22. The van der Waals surface area contributed by atoms with Gasteiger partial charge in [0, 0.05) is 7.05 Å². The van der Waals surface area contributed by atoms with Crippen LogP contribution in [0.4, 0.5) is 8.78 Å². The molecule has 0 fully saturated rings. The Hall–Kier alpha value is -1.06. The fourth-order valence-electron chi connectivity index (χ4n) is 1.35. The number of hydrogen-bond acceptors (Lipinski definition) is 4. The summed E-state index contributed by atoms with van der Waals surface area (Å²) in [5, 5.41) is 10.3. The molecule has 0 aromatic carbocycles. The number of alkyl halides is 2. The molecular formula is C9H11F2NO4S2. The predicted octanol–water partition coefficient (Wildman–Crippen LogP) is 1.64. The Morgan fingerprint density at radius 2 is 2.11 bits per heavy atom. The van der Waals surface area contributed by atoms with Gasteiger partial charge < -0.3 is 5.11 Å². The zero-order valence-electron chi connectivity index (χ0n) is 9.55. The summed E-state index contributed by atoms with van der Waals surface area (Å²) in [4.78, 5) is 10.1. The van der Waals surface area contributed by atoms with Crippen molar-refractivity contribution in [1.82, 2.24) is 4.31 Å². The van der Waals surface area contributed by atoms with Gasteiger partial charge in [0.05, 0.1) is 6.54 Å². The van der Waals surface area contributed by atoms with Crippen molar-refractivity contribution in [2.24, 2.45) is 0 Å². The third-order valence-electron chi connectivity index (χ3n) is 2.18. The van der Waals surface area contributed by atoms with Crippen LogP contribution < -0.4 is 0 Å². The van der Waals surface area contributed by atoms with Crippen LogP contribution in [-0.2, 0) is 10.0 Å². The lowest BCUT2D eigenvalue weighted by Gasteiger charge is -2.17. The molecule has 1 rings (SSSR count). The second kappa shape index (κ2) is 5.29. The van der Waals surface area contributed by atoms with Gasteiger partial charge in [0.15, 0.2) is 0 Å². The molecule has 0 aliphatic carbocycles. The van der Waals surface area contributed by atoms with E-state index in [1.54, 1.807) is 0 Å². The first-order valence-electron chi connectivity index (χ1n) is 4.73. The minimum Gasteiger partial charge on any atom is -0.477 e. The molecule has 1 aromatic rings. The van der Waals surface area contributed by atoms with Gasteiger partial charge in [-0.15, -0.1) is 11.3 Å². The van der Waals surface area contributed by atoms with Crippen molar-refractivity contribution in [2.45, 2.75) is 18.2 Å². The smallest absolute Gasteiger partial charge is 0.347 e. The van der Waals surface area contributed by atoms with Gasteiger partial charge in [-0.2, -0.15) is 4.31 Å². The molecule has 0 unspecified atom stereocenters. The average molecular weight is 299 g/mol. The van der Waals surface area contributed by atoms with Crippen LogP contribution in [0, 0.1) is 6.92 Å². The summed E-state index contributed by atoms with van der Waals surface area (Å²) in [6, 6.07) is 0. The fourth-order valence-corrected chi connectivity index (χ4v) is 4.07. The van der Waals surface area contributed by atoms with E-state index in [9.17, 15) is 22.0 Å². The zero-order valence-corrected chi connectivity index (χ0v) is 11.2. The second-order valence-electron chi connectivity index (χ2n) is 3.56. The van der Waals surface area contributed by atoms with Crippen LogP contribution in [0.5, 0.6) is 0 Å². The maximum Gasteiger partial charge on any atom is 0.347 e. The van der Waals surface area contributed by atoms with Crippen molar-refractivity contribution in [3.8, 4) is 0 Å². The minimum absolute atomic E-state index is 0.235. The van der Waals surface area contributed by atoms with Crippen LogP contribution in [0.1, 0.15) is 15.2 Å². The van der Waals surface area contributed by atoms with Crippen LogP contribution in [0.25, 0.3) is 0 Å². The second-order valence-corrected chi connectivity index (χ2v) is 6.42. The molecule has 0 bridgehead atoms. The maximum atomic E-state index is 12.2. The molecule has 18 heavy (non-hydrogen) atoms. The highest BCUT2D eigenvalue weighted by Gasteiger charge is 2.31. The van der Waals surface area contributed by atoms with E-state index in [1.807, 2.05) is 0 Å². The number of aromatic carboxylic acids is 1. The third kappa shape index (κ3) is 2.85. The van der Waals surface area contributed by atoms with Gasteiger partial charge in [-0.3, -0.25) is 0 Å². The van der Waals surface area contributed by atoms with Gasteiger partial charge in [-0.25, -0.2) is 22.0 Å². The lowest BCUT2D eigenvalue weighted by molar-refractivity contribution is 0.0698. The van der Waals surface area contributed by atoms with E-state index in [4.69, 9.17) is 5.11 Å². The molecule has 0 saturated heterocycles. The Morgan fingerprint density at radius 3 is 2.56 bits per heavy atom. The van der Waals surface area contributed by atoms with Crippen LogP contribution in [-0.4, -0.2) is 43.8 Å². The molecule has 0 radical (unpaired) electrons. The summed E-state index contributed by atoms with van der Waals surface area (Å²) in [6.45, 7) is 0.447. The molecule has 0 spiro atoms. The predicted molar refractivity (Wildman–Crippen MR) is 61.8 cm³/mol. The highest BCUT2D eigenvalue weighted by atomic mass is 32.2. The molecule has 9 heteroatoms. The largest absolute Gasteiger partial charge is 0.477 e. The Morgan fingerprint density at radius 1 is 1.56 bits per heavy atom. The first kappa shape index (κ1) is 15.0. The molecular weight excluding hydrogens is 288 g/mol. The molecule has 102 valence electrons. The van der Waals surface area contributed by atoms with Gasteiger partial charge in [0.2, 0.25) is 10.0 Å². The van der Waals surface area contributed by atoms with E-state index < -0.39 is 33.9 Å². The maximum absolute atomic E-state index is 12.2. The number of aryl methyl sites for hydroxylation is 1. The Bertz CT molecular complexity index is 553. The van der Waals surface area contributed by atoms with Gasteiger partial charge >= 0.3 is 5.97 Å². The Balaban J connectivity index is 3.28. The monoisotopic (exact) mass is 299 g/mol. The molecule has 1 aromatic heterocycles. The van der Waals surface area contributed by atoms with Gasteiger partial charge in [0.25, 0.3) is 6.43 Å². The summed E-state index contributed by atoms with van der Waals surface area (Å²) >= 11 is 0.755. The van der Waals surface area contributed by atoms with E-state index >= 15 is 0 Å². The van der Waals surface area contributed by atoms with E-state index in [0.717, 1.165) is 18.4 Å². The Kier molecular flexibility index (Phi) is 4.41. The lowest BCUT2D eigenvalue weighted by atomic mass is 10.3. The van der Waals surface area contributed by atoms with Crippen molar-refractivity contribution >= 4 is 27.3 Å². The van der Waals surface area contributed by atoms with Crippen LogP contribution in [0.2, 0.25) is 0 Å². The first-order valence-corrected chi connectivity index (χ1v) is 7.05. The average Bonchev–Trinajstić information content (AvgIpc) is 2.59. The molecule has 5 nitrogen and oxygen atoms in total. The quantitative estimate of drug-likeness (QED) is 0.897. The normalized spacial score (nSPS) is 12.3. The number of carboxylic acids is 1. The van der Waals surface area contributed by atoms with Crippen molar-refractivity contribution < 1.29 is 27.1 Å². The summed E-state index contributed by atoms with van der Waals surface area (Å²) in [5.74, 6) is -1.39. The fraction of sp³-hybridized carbons (Fsp3) is 0.444. The van der Waals surface area contributed by atoms with Crippen molar-refractivity contribution in [3.05, 3.63) is 15.8 Å². The molecule has 0 atom stereocenters. The highest BCUT2D eigenvalue weighted by molar-refractivity contribution is 7.89. The topological polar surface area (TPSA) is 74.7 Å². The molecule has 1 N–H and O–H groups in total. The number of carboxylic acid groups (broad SMARTS) is 1. The van der Waals surface area contributed by atoms with E-state index in [0.29, 0.717) is 4.31 Å². The van der Waals surface area contributed by atoms with E-state index in [1.165, 1.54) is 12.3 Å². The van der Waals surface area contributed by atoms with Crippen LogP contribution >= 0.6 is 11.3 Å². The number of halogens is 2. The summed E-state index contributed by atoms with van der Waals surface area (Å²) in [5.41, 5.74) is 0.235. The number of rotatable bonds is 5. The van der Waals surface area contributed by atoms with Gasteiger partial charge in [0.1, 0.15) is 9.77 Å². The van der Waals surface area contributed by atoms with Gasteiger partial charge in [-0.05, 0) is 17.9 Å². The summed E-state index contributed by atoms with van der Waals surface area (Å²) < 4.78 is 48.9. The zero-order chi connectivity index (χ0) is 14.1. The van der Waals surface area contributed by atoms with E-state index in [-0.39, 0.29) is 10.4 Å². The number of thiophene rings is 1. The summed E-state index contributed by atoms with van der Waals surface area (Å²) in [6.07, 6.45) is -2.82. The molecule has 0 amide bonds. The number of hydrogen-bond donors (Lipinski definition) is 1. The Labute approximate surface area is 107 Å². The first-order chi connectivity index (χ1) is 8.17. The molecule has 0 saturated carbocycles. The molecule has 0 aliphatic heterocycles. The number of nitrogens with zero attached hydrogens (tertiary/aromatic N) is 1. The standard InChI is InChI=1S/C9H11F2NO4S2/c1-5-4-17-7(9(13)14)8(5)18(15,16)12(2)3-6(10)11/h4,6H,3H2,1-2H3,(H,13,14). The van der Waals surface area contributed by atoms with Crippen LogP contribution in [0.15, 0.2) is 10.3 Å². The SMILES string of the molecule is Cc1csc(C(=O)O)c1S(=O)(=O)N(C)CC(F)F. The van der Waals surface area contributed by atoms with Crippen molar-refractivity contribution in [1.29, 1.82) is 0 Å². The highest BCUT2D eigenvalue weighted by Crippen LogP contribution is 2.29. The van der Waals surface area contributed by atoms with E-state index in [2.05, 4.69) is 0 Å². The number of sulfonamides is 1. The lowest BCUT2D eigenvalue weighted by Crippen LogP contribution is -2.32. The van der Waals surface area contributed by atoms with Crippen molar-refractivity contribution in [3.63, 3.8) is 0 Å². The van der Waals surface area contributed by atoms with Crippen molar-refractivity contribution in [2.75, 3.05) is 13.6 Å². The third-order valence-corrected chi connectivity index (χ3v) is 5.40.